The molecule has 1 unspecified atom stereocenters. The summed E-state index contributed by atoms with van der Waals surface area (Å²) in [6.45, 7) is 9.31. The van der Waals surface area contributed by atoms with E-state index in [4.69, 9.17) is 0 Å². The second kappa shape index (κ2) is 5.57. The number of hydrogen-bond donors (Lipinski definition) is 1. The molecule has 0 aromatic heterocycles. The highest BCUT2D eigenvalue weighted by molar-refractivity contribution is 5.81. The van der Waals surface area contributed by atoms with Gasteiger partial charge in [0.25, 0.3) is 0 Å². The lowest BCUT2D eigenvalue weighted by Gasteiger charge is -2.34. The maximum absolute atomic E-state index is 12.4. The van der Waals surface area contributed by atoms with E-state index in [1.807, 2.05) is 38.7 Å². The number of benzene rings is 1. The van der Waals surface area contributed by atoms with Crippen LogP contribution < -0.4 is 0 Å². The molecule has 1 aliphatic heterocycles. The molecule has 1 aromatic carbocycles. The highest BCUT2D eigenvalue weighted by Gasteiger charge is 2.29. The van der Waals surface area contributed by atoms with Crippen LogP contribution in [0, 0.1) is 5.41 Å². The minimum Gasteiger partial charge on any atom is -0.388 e. The highest BCUT2D eigenvalue weighted by Crippen LogP contribution is 2.27. The van der Waals surface area contributed by atoms with E-state index >= 15 is 0 Å². The summed E-state index contributed by atoms with van der Waals surface area (Å²) in [6.07, 6.45) is 1.21. The first-order valence-corrected chi connectivity index (χ1v) is 7.42. The Hall–Kier alpha value is -1.35. The van der Waals surface area contributed by atoms with E-state index in [9.17, 15) is 9.90 Å². The van der Waals surface area contributed by atoms with Crippen molar-refractivity contribution in [3.63, 3.8) is 0 Å². The smallest absolute Gasteiger partial charge is 0.228 e. The Bertz CT molecular complexity index is 502. The third-order valence-electron chi connectivity index (χ3n) is 3.94. The Balaban J connectivity index is 2.22. The molecule has 0 aliphatic carbocycles. The van der Waals surface area contributed by atoms with Crippen molar-refractivity contribution in [1.29, 1.82) is 0 Å². The molecule has 0 radical (unpaired) electrons. The molecule has 2 rings (SSSR count). The molecule has 0 bridgehead atoms. The van der Waals surface area contributed by atoms with E-state index < -0.39 is 6.10 Å². The van der Waals surface area contributed by atoms with Crippen molar-refractivity contribution in [2.24, 2.45) is 5.41 Å². The fourth-order valence-corrected chi connectivity index (χ4v) is 2.67. The first-order valence-electron chi connectivity index (χ1n) is 7.42. The average molecular weight is 275 g/mol. The van der Waals surface area contributed by atoms with E-state index in [1.165, 1.54) is 11.1 Å². The van der Waals surface area contributed by atoms with Crippen molar-refractivity contribution in [3.05, 3.63) is 34.9 Å². The maximum atomic E-state index is 12.4. The zero-order valence-corrected chi connectivity index (χ0v) is 12.9. The van der Waals surface area contributed by atoms with Crippen LogP contribution >= 0.6 is 0 Å². The van der Waals surface area contributed by atoms with Crippen LogP contribution in [0.2, 0.25) is 0 Å². The lowest BCUT2D eigenvalue weighted by atomic mass is 9.91. The standard InChI is InChI=1S/C17H25NO2/c1-5-15(19)13-7-6-12-8-9-18(11-14(12)10-13)16(20)17(2,3)4/h6-7,10,15,19H,5,8-9,11H2,1-4H3. The number of aliphatic hydroxyl groups excluding tert-OH is 1. The van der Waals surface area contributed by atoms with Crippen molar-refractivity contribution < 1.29 is 9.90 Å². The number of carbonyl (C=O) groups excluding carboxylic acids is 1. The van der Waals surface area contributed by atoms with E-state index in [0.29, 0.717) is 13.0 Å². The zero-order valence-electron chi connectivity index (χ0n) is 12.9. The van der Waals surface area contributed by atoms with E-state index in [0.717, 1.165) is 18.5 Å². The molecule has 1 N–H and O–H groups in total. The second-order valence-electron chi connectivity index (χ2n) is 6.68. The van der Waals surface area contributed by atoms with Gasteiger partial charge in [-0.3, -0.25) is 4.79 Å². The van der Waals surface area contributed by atoms with Gasteiger partial charge < -0.3 is 10.0 Å². The molecule has 1 heterocycles. The van der Waals surface area contributed by atoms with Crippen LogP contribution in [-0.2, 0) is 17.8 Å². The minimum absolute atomic E-state index is 0.199. The van der Waals surface area contributed by atoms with Crippen LogP contribution in [0.5, 0.6) is 0 Å². The molecule has 0 saturated carbocycles. The molecule has 1 aliphatic rings. The normalized spacial score (nSPS) is 16.8. The molecular weight excluding hydrogens is 250 g/mol. The Morgan fingerprint density at radius 1 is 1.35 bits per heavy atom. The van der Waals surface area contributed by atoms with Crippen LogP contribution in [0.4, 0.5) is 0 Å². The molecule has 0 saturated heterocycles. The van der Waals surface area contributed by atoms with Crippen molar-refractivity contribution >= 4 is 5.91 Å². The van der Waals surface area contributed by atoms with Gasteiger partial charge in [-0.2, -0.15) is 0 Å². The van der Waals surface area contributed by atoms with Gasteiger partial charge in [-0.15, -0.1) is 0 Å². The second-order valence-corrected chi connectivity index (χ2v) is 6.68. The number of carbonyl (C=O) groups is 1. The van der Waals surface area contributed by atoms with Crippen LogP contribution in [0.3, 0.4) is 0 Å². The Morgan fingerprint density at radius 3 is 2.65 bits per heavy atom. The van der Waals surface area contributed by atoms with Gasteiger partial charge in [0.2, 0.25) is 5.91 Å². The number of hydrogen-bond acceptors (Lipinski definition) is 2. The molecule has 1 amide bonds. The minimum atomic E-state index is -0.408. The van der Waals surface area contributed by atoms with Gasteiger partial charge in [0.1, 0.15) is 0 Å². The van der Waals surface area contributed by atoms with Gasteiger partial charge in [-0.1, -0.05) is 45.9 Å². The van der Waals surface area contributed by atoms with Crippen molar-refractivity contribution in [2.75, 3.05) is 6.54 Å². The number of rotatable bonds is 2. The van der Waals surface area contributed by atoms with Crippen LogP contribution in [-0.4, -0.2) is 22.5 Å². The molecule has 0 fully saturated rings. The first kappa shape index (κ1) is 15.0. The molecule has 1 atom stereocenters. The zero-order chi connectivity index (χ0) is 14.9. The van der Waals surface area contributed by atoms with Gasteiger partial charge in [0, 0.05) is 18.5 Å². The molecule has 3 heteroatoms. The summed E-state index contributed by atoms with van der Waals surface area (Å²) < 4.78 is 0. The van der Waals surface area contributed by atoms with Gasteiger partial charge >= 0.3 is 0 Å². The molecule has 1 aromatic rings. The molecule has 20 heavy (non-hydrogen) atoms. The summed E-state index contributed by atoms with van der Waals surface area (Å²) >= 11 is 0. The van der Waals surface area contributed by atoms with Gasteiger partial charge in [0.05, 0.1) is 6.10 Å². The summed E-state index contributed by atoms with van der Waals surface area (Å²) in [5.41, 5.74) is 3.10. The molecule has 110 valence electrons. The third kappa shape index (κ3) is 3.04. The van der Waals surface area contributed by atoms with Crippen molar-refractivity contribution in [2.45, 2.75) is 53.2 Å². The van der Waals surface area contributed by atoms with E-state index in [2.05, 4.69) is 12.1 Å². The quantitative estimate of drug-likeness (QED) is 0.901. The van der Waals surface area contributed by atoms with E-state index in [-0.39, 0.29) is 11.3 Å². The lowest BCUT2D eigenvalue weighted by molar-refractivity contribution is -0.140. The summed E-state index contributed by atoms with van der Waals surface area (Å²) in [6, 6.07) is 6.17. The Labute approximate surface area is 121 Å². The monoisotopic (exact) mass is 275 g/mol. The topological polar surface area (TPSA) is 40.5 Å². The van der Waals surface area contributed by atoms with E-state index in [1.54, 1.807) is 0 Å². The Morgan fingerprint density at radius 2 is 2.05 bits per heavy atom. The predicted molar refractivity (Wildman–Crippen MR) is 80.3 cm³/mol. The van der Waals surface area contributed by atoms with Gasteiger partial charge in [-0.25, -0.2) is 0 Å². The van der Waals surface area contributed by atoms with Crippen molar-refractivity contribution in [1.82, 2.24) is 4.90 Å². The summed E-state index contributed by atoms with van der Waals surface area (Å²) in [7, 11) is 0. The fraction of sp³-hybridized carbons (Fsp3) is 0.588. The SMILES string of the molecule is CCC(O)c1ccc2c(c1)CN(C(=O)C(C)(C)C)CC2. The van der Waals surface area contributed by atoms with Crippen LogP contribution in [0.15, 0.2) is 18.2 Å². The summed E-state index contributed by atoms with van der Waals surface area (Å²) in [5, 5.41) is 9.95. The number of fused-ring (bicyclic) bond motifs is 1. The predicted octanol–water partition coefficient (Wildman–Crippen LogP) is 3.06. The number of amides is 1. The van der Waals surface area contributed by atoms with Crippen LogP contribution in [0.1, 0.15) is 56.9 Å². The highest BCUT2D eigenvalue weighted by atomic mass is 16.3. The summed E-state index contributed by atoms with van der Waals surface area (Å²) in [4.78, 5) is 14.3. The molecular formula is C17H25NO2. The molecule has 3 nitrogen and oxygen atoms in total. The van der Waals surface area contributed by atoms with Crippen LogP contribution in [0.25, 0.3) is 0 Å². The van der Waals surface area contributed by atoms with Gasteiger partial charge in [0.15, 0.2) is 0 Å². The molecule has 0 spiro atoms. The van der Waals surface area contributed by atoms with Crippen molar-refractivity contribution in [3.8, 4) is 0 Å². The fourth-order valence-electron chi connectivity index (χ4n) is 2.67. The lowest BCUT2D eigenvalue weighted by Crippen LogP contribution is -2.42. The van der Waals surface area contributed by atoms with Gasteiger partial charge in [-0.05, 0) is 29.5 Å². The Kier molecular flexibility index (Phi) is 4.19. The third-order valence-corrected chi connectivity index (χ3v) is 3.94. The average Bonchev–Trinajstić information content (AvgIpc) is 2.43. The number of aliphatic hydroxyl groups is 1. The maximum Gasteiger partial charge on any atom is 0.228 e. The number of nitrogens with zero attached hydrogens (tertiary/aromatic N) is 1. The summed E-state index contributed by atoms with van der Waals surface area (Å²) in [5.74, 6) is 0.199. The first-order chi connectivity index (χ1) is 9.32. The largest absolute Gasteiger partial charge is 0.388 e.